The highest BCUT2D eigenvalue weighted by Gasteiger charge is 2.05. The van der Waals surface area contributed by atoms with E-state index in [1.807, 2.05) is 48.5 Å². The zero-order valence-corrected chi connectivity index (χ0v) is 15.0. The Morgan fingerprint density at radius 3 is 2.08 bits per heavy atom. The molecular formula is C19H22N4O3. The quantitative estimate of drug-likeness (QED) is 0.451. The summed E-state index contributed by atoms with van der Waals surface area (Å²) in [7, 11) is 4.83. The smallest absolute Gasteiger partial charge is 0.211 e. The van der Waals surface area contributed by atoms with E-state index in [0.717, 1.165) is 22.6 Å². The van der Waals surface area contributed by atoms with Gasteiger partial charge in [-0.3, -0.25) is 0 Å². The van der Waals surface area contributed by atoms with Gasteiger partial charge in [-0.15, -0.1) is 10.2 Å². The summed E-state index contributed by atoms with van der Waals surface area (Å²) in [6.45, 7) is 0. The highest BCUT2D eigenvalue weighted by atomic mass is 16.5. The number of hydrogen-bond donors (Lipinski definition) is 2. The first-order valence-electron chi connectivity index (χ1n) is 7.78. The van der Waals surface area contributed by atoms with Gasteiger partial charge < -0.3 is 25.7 Å². The van der Waals surface area contributed by atoms with Crippen LogP contribution in [0.2, 0.25) is 0 Å². The molecule has 26 heavy (non-hydrogen) atoms. The van der Waals surface area contributed by atoms with E-state index in [1.165, 1.54) is 0 Å². The second kappa shape index (κ2) is 9.12. The molecule has 0 unspecified atom stereocenters. The van der Waals surface area contributed by atoms with Gasteiger partial charge in [0.05, 0.1) is 27.0 Å². The highest BCUT2D eigenvalue weighted by Crippen LogP contribution is 2.25. The van der Waals surface area contributed by atoms with Crippen LogP contribution >= 0.6 is 0 Å². The summed E-state index contributed by atoms with van der Waals surface area (Å²) >= 11 is 0. The van der Waals surface area contributed by atoms with Crippen molar-refractivity contribution in [3.63, 3.8) is 0 Å². The van der Waals surface area contributed by atoms with E-state index in [2.05, 4.69) is 10.2 Å². The minimum atomic E-state index is -0.122. The number of benzene rings is 2. The molecule has 0 bridgehead atoms. The van der Waals surface area contributed by atoms with Crippen LogP contribution in [0.25, 0.3) is 6.08 Å². The van der Waals surface area contributed by atoms with Gasteiger partial charge in [0.2, 0.25) is 5.96 Å². The van der Waals surface area contributed by atoms with Gasteiger partial charge >= 0.3 is 0 Å². The van der Waals surface area contributed by atoms with Crippen LogP contribution < -0.4 is 25.7 Å². The molecule has 0 fully saturated rings. The number of nitrogens with zero attached hydrogens (tertiary/aromatic N) is 2. The third-order valence-electron chi connectivity index (χ3n) is 3.52. The molecule has 2 aromatic rings. The molecule has 0 amide bonds. The van der Waals surface area contributed by atoms with Crippen LogP contribution in [-0.4, -0.2) is 33.0 Å². The average Bonchev–Trinajstić information content (AvgIpc) is 2.67. The Hall–Kier alpha value is -3.48. The second-order valence-corrected chi connectivity index (χ2v) is 5.18. The predicted molar refractivity (Wildman–Crippen MR) is 104 cm³/mol. The van der Waals surface area contributed by atoms with E-state index in [0.29, 0.717) is 11.5 Å². The zero-order valence-electron chi connectivity index (χ0n) is 15.0. The first-order valence-corrected chi connectivity index (χ1v) is 7.78. The Kier molecular flexibility index (Phi) is 6.61. The number of ether oxygens (including phenoxy) is 3. The standard InChI is InChI=1S/C19H22N4O3/c1-24-15-7-4-13(5-8-15)17(22-23-19(20)21)10-6-14-12-16(25-2)9-11-18(14)26-3/h4-12H,1-3H3,(H4,20,21,23)/b10-6+,22-17+. The molecule has 0 radical (unpaired) electrons. The van der Waals surface area contributed by atoms with Gasteiger partial charge in [0, 0.05) is 11.1 Å². The lowest BCUT2D eigenvalue weighted by Crippen LogP contribution is -2.22. The summed E-state index contributed by atoms with van der Waals surface area (Å²) in [5, 5.41) is 7.87. The molecule has 7 heteroatoms. The second-order valence-electron chi connectivity index (χ2n) is 5.18. The predicted octanol–water partition coefficient (Wildman–Crippen LogP) is 2.40. The molecular weight excluding hydrogens is 332 g/mol. The molecule has 0 atom stereocenters. The van der Waals surface area contributed by atoms with E-state index in [9.17, 15) is 0 Å². The number of hydrogen-bond acceptors (Lipinski definition) is 5. The monoisotopic (exact) mass is 354 g/mol. The molecule has 0 aliphatic heterocycles. The van der Waals surface area contributed by atoms with Gasteiger partial charge in [0.25, 0.3) is 0 Å². The lowest BCUT2D eigenvalue weighted by Gasteiger charge is -2.07. The molecule has 0 spiro atoms. The summed E-state index contributed by atoms with van der Waals surface area (Å²) in [5.74, 6) is 2.05. The van der Waals surface area contributed by atoms with Crippen LogP contribution in [0.1, 0.15) is 11.1 Å². The molecule has 136 valence electrons. The number of rotatable bonds is 7. The summed E-state index contributed by atoms with van der Waals surface area (Å²) < 4.78 is 15.8. The van der Waals surface area contributed by atoms with Crippen molar-refractivity contribution >= 4 is 17.7 Å². The summed E-state index contributed by atoms with van der Waals surface area (Å²) in [6.07, 6.45) is 3.65. The molecule has 7 nitrogen and oxygen atoms in total. The lowest BCUT2D eigenvalue weighted by atomic mass is 10.1. The van der Waals surface area contributed by atoms with Crippen LogP contribution in [-0.2, 0) is 0 Å². The summed E-state index contributed by atoms with van der Waals surface area (Å²) in [6, 6.07) is 12.9. The maximum Gasteiger partial charge on any atom is 0.211 e. The van der Waals surface area contributed by atoms with E-state index in [4.69, 9.17) is 25.7 Å². The van der Waals surface area contributed by atoms with E-state index < -0.39 is 0 Å². The number of allylic oxidation sites excluding steroid dienone is 1. The molecule has 2 aromatic carbocycles. The van der Waals surface area contributed by atoms with Crippen LogP contribution in [0.4, 0.5) is 0 Å². The molecule has 4 N–H and O–H groups in total. The van der Waals surface area contributed by atoms with Crippen molar-refractivity contribution in [2.24, 2.45) is 21.7 Å². The molecule has 0 heterocycles. The van der Waals surface area contributed by atoms with Crippen molar-refractivity contribution in [2.45, 2.75) is 0 Å². The van der Waals surface area contributed by atoms with E-state index in [-0.39, 0.29) is 5.96 Å². The van der Waals surface area contributed by atoms with Crippen molar-refractivity contribution in [1.29, 1.82) is 0 Å². The molecule has 0 aliphatic rings. The van der Waals surface area contributed by atoms with Gasteiger partial charge in [-0.2, -0.15) is 0 Å². The fraction of sp³-hybridized carbons (Fsp3) is 0.158. The van der Waals surface area contributed by atoms with Gasteiger partial charge in [0.1, 0.15) is 17.2 Å². The van der Waals surface area contributed by atoms with Crippen molar-refractivity contribution < 1.29 is 14.2 Å². The van der Waals surface area contributed by atoms with Gasteiger partial charge in [0.15, 0.2) is 0 Å². The minimum Gasteiger partial charge on any atom is -0.497 e. The summed E-state index contributed by atoms with van der Waals surface area (Å²) in [5.41, 5.74) is 13.0. The Morgan fingerprint density at radius 2 is 1.50 bits per heavy atom. The van der Waals surface area contributed by atoms with Crippen molar-refractivity contribution in [2.75, 3.05) is 21.3 Å². The molecule has 2 rings (SSSR count). The van der Waals surface area contributed by atoms with Crippen LogP contribution in [0, 0.1) is 0 Å². The van der Waals surface area contributed by atoms with Gasteiger partial charge in [-0.25, -0.2) is 0 Å². The normalized spacial score (nSPS) is 11.3. The SMILES string of the molecule is COc1ccc(C(/C=C/c2cc(OC)ccc2OC)=N/N=C(N)N)cc1. The largest absolute Gasteiger partial charge is 0.497 e. The maximum atomic E-state index is 5.40. The molecule has 0 aliphatic carbocycles. The first-order chi connectivity index (χ1) is 12.6. The van der Waals surface area contributed by atoms with Crippen LogP contribution in [0.5, 0.6) is 17.2 Å². The van der Waals surface area contributed by atoms with Crippen LogP contribution in [0.3, 0.4) is 0 Å². The fourth-order valence-corrected chi connectivity index (χ4v) is 2.20. The highest BCUT2D eigenvalue weighted by molar-refractivity contribution is 6.11. The van der Waals surface area contributed by atoms with E-state index >= 15 is 0 Å². The average molecular weight is 354 g/mol. The third kappa shape index (κ3) is 5.01. The number of guanidine groups is 1. The van der Waals surface area contributed by atoms with Gasteiger partial charge in [-0.1, -0.05) is 0 Å². The van der Waals surface area contributed by atoms with Crippen molar-refractivity contribution in [3.8, 4) is 17.2 Å². The summed E-state index contributed by atoms with van der Waals surface area (Å²) in [4.78, 5) is 0. The van der Waals surface area contributed by atoms with E-state index in [1.54, 1.807) is 27.4 Å². The van der Waals surface area contributed by atoms with Crippen molar-refractivity contribution in [1.82, 2.24) is 0 Å². The Morgan fingerprint density at radius 1 is 0.846 bits per heavy atom. The topological polar surface area (TPSA) is 104 Å². The maximum absolute atomic E-state index is 5.40. The zero-order chi connectivity index (χ0) is 18.9. The number of nitrogens with two attached hydrogens (primary N) is 2. The molecule has 0 saturated carbocycles. The van der Waals surface area contributed by atoms with Crippen molar-refractivity contribution in [3.05, 3.63) is 59.7 Å². The number of methoxy groups -OCH3 is 3. The fourth-order valence-electron chi connectivity index (χ4n) is 2.20. The van der Waals surface area contributed by atoms with Gasteiger partial charge in [-0.05, 0) is 54.6 Å². The molecule has 0 saturated heterocycles. The minimum absolute atomic E-state index is 0.122. The first kappa shape index (κ1) is 18.9. The Balaban J connectivity index is 2.42. The van der Waals surface area contributed by atoms with Crippen LogP contribution in [0.15, 0.2) is 58.7 Å². The Labute approximate surface area is 152 Å². The molecule has 0 aromatic heterocycles. The lowest BCUT2D eigenvalue weighted by molar-refractivity contribution is 0.402. The Bertz CT molecular complexity index is 823. The third-order valence-corrected chi connectivity index (χ3v) is 3.52.